The van der Waals surface area contributed by atoms with E-state index in [1.54, 1.807) is 6.07 Å². The second kappa shape index (κ2) is 5.75. The molecule has 0 heterocycles. The molecule has 0 amide bonds. The van der Waals surface area contributed by atoms with Crippen molar-refractivity contribution in [2.24, 2.45) is 5.73 Å². The minimum absolute atomic E-state index is 0.259. The van der Waals surface area contributed by atoms with E-state index in [1.165, 1.54) is 0 Å². The summed E-state index contributed by atoms with van der Waals surface area (Å²) in [7, 11) is -3.53. The maximum atomic E-state index is 12.7. The summed E-state index contributed by atoms with van der Waals surface area (Å²) in [5, 5.41) is 0. The molecule has 0 aromatic heterocycles. The molecule has 112 valence electrons. The summed E-state index contributed by atoms with van der Waals surface area (Å²) in [6, 6.07) is 3.56. The number of sulfonamides is 1. The third-order valence-electron chi connectivity index (χ3n) is 4.14. The summed E-state index contributed by atoms with van der Waals surface area (Å²) < 4.78 is 28.8. The molecular formula is C14H21BrN2O2S. The zero-order valence-corrected chi connectivity index (χ0v) is 14.3. The first-order chi connectivity index (χ1) is 9.33. The normalized spacial score (nSPS) is 17.8. The molecule has 6 heteroatoms. The largest absolute Gasteiger partial charge is 0.326 e. The molecule has 0 atom stereocenters. The van der Waals surface area contributed by atoms with Crippen LogP contribution in [-0.2, 0) is 16.6 Å². The van der Waals surface area contributed by atoms with Crippen LogP contribution in [0.15, 0.2) is 21.5 Å². The van der Waals surface area contributed by atoms with E-state index in [0.29, 0.717) is 11.0 Å². The van der Waals surface area contributed by atoms with Crippen molar-refractivity contribution >= 4 is 26.0 Å². The second-order valence-corrected chi connectivity index (χ2v) is 7.97. The fraction of sp³-hybridized carbons (Fsp3) is 0.571. The highest BCUT2D eigenvalue weighted by molar-refractivity contribution is 9.10. The van der Waals surface area contributed by atoms with Gasteiger partial charge in [-0.2, -0.15) is 0 Å². The quantitative estimate of drug-likeness (QED) is 0.847. The minimum atomic E-state index is -3.53. The summed E-state index contributed by atoms with van der Waals surface area (Å²) in [4.78, 5) is 0.290. The molecule has 1 aliphatic rings. The van der Waals surface area contributed by atoms with Crippen molar-refractivity contribution in [1.82, 2.24) is 4.72 Å². The number of nitrogens with two attached hydrogens (primary N) is 1. The minimum Gasteiger partial charge on any atom is -0.326 e. The molecule has 4 nitrogen and oxygen atoms in total. The van der Waals surface area contributed by atoms with Crippen LogP contribution in [0.2, 0.25) is 0 Å². The monoisotopic (exact) mass is 360 g/mol. The Morgan fingerprint density at radius 1 is 1.40 bits per heavy atom. The van der Waals surface area contributed by atoms with Crippen LogP contribution in [0.1, 0.15) is 43.7 Å². The van der Waals surface area contributed by atoms with Crippen molar-refractivity contribution in [1.29, 1.82) is 0 Å². The van der Waals surface area contributed by atoms with Crippen molar-refractivity contribution in [3.8, 4) is 0 Å². The van der Waals surface area contributed by atoms with E-state index in [9.17, 15) is 8.42 Å². The van der Waals surface area contributed by atoms with Crippen molar-refractivity contribution < 1.29 is 8.42 Å². The lowest BCUT2D eigenvalue weighted by Gasteiger charge is -2.41. The Hall–Kier alpha value is -0.430. The van der Waals surface area contributed by atoms with Crippen LogP contribution in [0.3, 0.4) is 0 Å². The average Bonchev–Trinajstić information content (AvgIpc) is 2.36. The highest BCUT2D eigenvalue weighted by Gasteiger charge is 2.39. The molecule has 1 saturated carbocycles. The lowest BCUT2D eigenvalue weighted by Crippen LogP contribution is -2.52. The number of benzene rings is 1. The van der Waals surface area contributed by atoms with Crippen molar-refractivity contribution in [3.63, 3.8) is 0 Å². The number of hydrogen-bond donors (Lipinski definition) is 2. The van der Waals surface area contributed by atoms with Crippen LogP contribution in [0, 0.1) is 6.92 Å². The van der Waals surface area contributed by atoms with Gasteiger partial charge in [-0.25, -0.2) is 13.1 Å². The first-order valence-electron chi connectivity index (χ1n) is 6.86. The van der Waals surface area contributed by atoms with Gasteiger partial charge in [0.05, 0.1) is 4.90 Å². The van der Waals surface area contributed by atoms with Gasteiger partial charge >= 0.3 is 0 Å². The third kappa shape index (κ3) is 2.93. The fourth-order valence-electron chi connectivity index (χ4n) is 2.59. The Kier molecular flexibility index (Phi) is 4.59. The van der Waals surface area contributed by atoms with Crippen LogP contribution in [-0.4, -0.2) is 14.0 Å². The zero-order valence-electron chi connectivity index (χ0n) is 11.9. The zero-order chi connectivity index (χ0) is 15.0. The Bertz CT molecular complexity index is 604. The molecule has 0 radical (unpaired) electrons. The first kappa shape index (κ1) is 15.9. The molecule has 20 heavy (non-hydrogen) atoms. The van der Waals surface area contributed by atoms with Gasteiger partial charge in [-0.3, -0.25) is 0 Å². The molecule has 1 fully saturated rings. The first-order valence-corrected chi connectivity index (χ1v) is 9.14. The van der Waals surface area contributed by atoms with Crippen LogP contribution in [0.5, 0.6) is 0 Å². The standard InChI is InChI=1S/C14H21BrN2O2S/c1-3-14(5-4-6-14)17-20(18,19)12-8-11(9-16)7-10(2)13(12)15/h7-8,17H,3-6,9,16H2,1-2H3. The maximum absolute atomic E-state index is 12.7. The highest BCUT2D eigenvalue weighted by Crippen LogP contribution is 2.37. The molecule has 2 rings (SSSR count). The van der Waals surface area contributed by atoms with Crippen molar-refractivity contribution in [2.45, 2.75) is 56.5 Å². The van der Waals surface area contributed by atoms with Gasteiger partial charge in [0.15, 0.2) is 0 Å². The molecule has 0 aliphatic heterocycles. The van der Waals surface area contributed by atoms with Gasteiger partial charge in [0, 0.05) is 16.6 Å². The van der Waals surface area contributed by atoms with Crippen molar-refractivity contribution in [3.05, 3.63) is 27.7 Å². The van der Waals surface area contributed by atoms with Crippen LogP contribution in [0.4, 0.5) is 0 Å². The van der Waals surface area contributed by atoms with E-state index in [-0.39, 0.29) is 10.4 Å². The van der Waals surface area contributed by atoms with Gasteiger partial charge in [-0.15, -0.1) is 0 Å². The Balaban J connectivity index is 2.41. The van der Waals surface area contributed by atoms with E-state index < -0.39 is 10.0 Å². The average molecular weight is 361 g/mol. The molecule has 0 spiro atoms. The highest BCUT2D eigenvalue weighted by atomic mass is 79.9. The number of rotatable bonds is 5. The molecule has 0 bridgehead atoms. The van der Waals surface area contributed by atoms with Gasteiger partial charge in [-0.05, 0) is 65.7 Å². The summed E-state index contributed by atoms with van der Waals surface area (Å²) >= 11 is 3.39. The number of nitrogens with one attached hydrogen (secondary N) is 1. The van der Waals surface area contributed by atoms with Gasteiger partial charge in [-0.1, -0.05) is 13.0 Å². The van der Waals surface area contributed by atoms with E-state index >= 15 is 0 Å². The lowest BCUT2D eigenvalue weighted by atomic mass is 9.76. The predicted molar refractivity (Wildman–Crippen MR) is 84.0 cm³/mol. The third-order valence-corrected chi connectivity index (χ3v) is 7.06. The Morgan fingerprint density at radius 2 is 2.05 bits per heavy atom. The van der Waals surface area contributed by atoms with E-state index in [1.807, 2.05) is 19.9 Å². The predicted octanol–water partition coefficient (Wildman–Crippen LogP) is 2.83. The summed E-state index contributed by atoms with van der Waals surface area (Å²) in [6.07, 6.45) is 3.73. The fourth-order valence-corrected chi connectivity index (χ4v) is 5.19. The van der Waals surface area contributed by atoms with E-state index in [4.69, 9.17) is 5.73 Å². The maximum Gasteiger partial charge on any atom is 0.242 e. The second-order valence-electron chi connectivity index (χ2n) is 5.52. The summed E-state index contributed by atoms with van der Waals surface area (Å²) in [5.74, 6) is 0. The van der Waals surface area contributed by atoms with Crippen LogP contribution < -0.4 is 10.5 Å². The molecule has 1 aromatic rings. The summed E-state index contributed by atoms with van der Waals surface area (Å²) in [5.41, 5.74) is 7.09. The molecule has 0 saturated heterocycles. The topological polar surface area (TPSA) is 72.2 Å². The number of hydrogen-bond acceptors (Lipinski definition) is 3. The van der Waals surface area contributed by atoms with Gasteiger partial charge in [0.25, 0.3) is 0 Å². The van der Waals surface area contributed by atoms with Gasteiger partial charge < -0.3 is 5.73 Å². The van der Waals surface area contributed by atoms with Gasteiger partial charge in [0.2, 0.25) is 10.0 Å². The Labute approximate surface area is 129 Å². The molecular weight excluding hydrogens is 340 g/mol. The lowest BCUT2D eigenvalue weighted by molar-refractivity contribution is 0.214. The Morgan fingerprint density at radius 3 is 2.50 bits per heavy atom. The molecule has 0 unspecified atom stereocenters. The molecule has 3 N–H and O–H groups in total. The van der Waals surface area contributed by atoms with Gasteiger partial charge in [0.1, 0.15) is 0 Å². The summed E-state index contributed by atoms with van der Waals surface area (Å²) in [6.45, 7) is 4.23. The van der Waals surface area contributed by atoms with E-state index in [2.05, 4.69) is 20.7 Å². The van der Waals surface area contributed by atoms with Crippen LogP contribution >= 0.6 is 15.9 Å². The smallest absolute Gasteiger partial charge is 0.242 e. The number of halogens is 1. The SMILES string of the molecule is CCC1(NS(=O)(=O)c2cc(CN)cc(C)c2Br)CCC1. The van der Waals surface area contributed by atoms with Crippen LogP contribution in [0.25, 0.3) is 0 Å². The van der Waals surface area contributed by atoms with E-state index in [0.717, 1.165) is 36.8 Å². The van der Waals surface area contributed by atoms with Crippen molar-refractivity contribution in [2.75, 3.05) is 0 Å². The molecule has 1 aromatic carbocycles. The number of aryl methyl sites for hydroxylation is 1. The molecule has 1 aliphatic carbocycles.